The number of nitrogens with one attached hydrogen (secondary N) is 1. The lowest BCUT2D eigenvalue weighted by Gasteiger charge is -2.49. The lowest BCUT2D eigenvalue weighted by molar-refractivity contribution is -0.130. The predicted molar refractivity (Wildman–Crippen MR) is 111 cm³/mol. The van der Waals surface area contributed by atoms with Crippen molar-refractivity contribution in [2.24, 2.45) is 0 Å². The molecule has 1 fully saturated rings. The summed E-state index contributed by atoms with van der Waals surface area (Å²) in [5, 5.41) is 12.7. The molecule has 0 aromatic heterocycles. The van der Waals surface area contributed by atoms with Crippen molar-refractivity contribution in [1.29, 1.82) is 5.26 Å². The molecule has 0 atom stereocenters. The van der Waals surface area contributed by atoms with E-state index >= 15 is 0 Å². The first kappa shape index (κ1) is 21.2. The average Bonchev–Trinajstić information content (AvgIpc) is 2.57. The topological polar surface area (TPSA) is 56.1 Å². The first-order chi connectivity index (χ1) is 12.7. The molecule has 0 unspecified atom stereocenters. The van der Waals surface area contributed by atoms with Crippen molar-refractivity contribution in [2.75, 3.05) is 6.54 Å². The highest BCUT2D eigenvalue weighted by Gasteiger charge is 2.40. The van der Waals surface area contributed by atoms with Gasteiger partial charge in [-0.2, -0.15) is 5.26 Å². The summed E-state index contributed by atoms with van der Waals surface area (Å²) in [6, 6.07) is 9.70. The maximum Gasteiger partial charge on any atom is 0.246 e. The Hall–Kier alpha value is -2.12. The van der Waals surface area contributed by atoms with Crippen LogP contribution in [0.4, 0.5) is 0 Å². The molecule has 1 aliphatic rings. The zero-order chi connectivity index (χ0) is 20.1. The number of benzene rings is 1. The van der Waals surface area contributed by atoms with Gasteiger partial charge < -0.3 is 10.2 Å². The molecule has 0 saturated carbocycles. The Labute approximate surface area is 164 Å². The van der Waals surface area contributed by atoms with Crippen LogP contribution in [0.2, 0.25) is 0 Å². The first-order valence-corrected chi connectivity index (χ1v) is 9.94. The molecule has 2 rings (SSSR count). The predicted octanol–water partition coefficient (Wildman–Crippen LogP) is 4.51. The Morgan fingerprint density at radius 1 is 1.30 bits per heavy atom. The highest BCUT2D eigenvalue weighted by atomic mass is 16.2. The van der Waals surface area contributed by atoms with Gasteiger partial charge in [0.05, 0.1) is 11.6 Å². The summed E-state index contributed by atoms with van der Waals surface area (Å²) in [4.78, 5) is 15.1. The molecule has 1 amide bonds. The van der Waals surface area contributed by atoms with Crippen LogP contribution in [0.15, 0.2) is 30.3 Å². The van der Waals surface area contributed by atoms with E-state index < -0.39 is 0 Å². The Kier molecular flexibility index (Phi) is 6.84. The number of hydrogen-bond acceptors (Lipinski definition) is 3. The number of carbonyl (C=O) groups is 1. The molecule has 1 aromatic rings. The third-order valence-electron chi connectivity index (χ3n) is 5.08. The molecule has 4 heteroatoms. The van der Waals surface area contributed by atoms with Gasteiger partial charge in [-0.25, -0.2) is 0 Å². The van der Waals surface area contributed by atoms with E-state index in [-0.39, 0.29) is 23.0 Å². The third-order valence-corrected chi connectivity index (χ3v) is 5.08. The van der Waals surface area contributed by atoms with Gasteiger partial charge in [0.1, 0.15) is 0 Å². The fraction of sp³-hybridized carbons (Fsp3) is 0.565. The van der Waals surface area contributed by atoms with Crippen LogP contribution in [-0.4, -0.2) is 34.5 Å². The van der Waals surface area contributed by atoms with Gasteiger partial charge in [0.2, 0.25) is 5.91 Å². The van der Waals surface area contributed by atoms with Gasteiger partial charge in [-0.15, -0.1) is 0 Å². The second-order valence-electron chi connectivity index (χ2n) is 8.91. The Morgan fingerprint density at radius 3 is 2.56 bits per heavy atom. The highest BCUT2D eigenvalue weighted by Crippen LogP contribution is 2.32. The standard InChI is InChI=1S/C23H33N3O/c1-6-7-13-26(20-15-22(2,3)25-23(4,5)16-20)21(27)12-11-18-9-8-10-19(14-18)17-24/h8-12,14,20,25H,6-7,13,15-16H2,1-5H3/b12-11+. The molecular weight excluding hydrogens is 334 g/mol. The van der Waals surface area contributed by atoms with Crippen molar-refractivity contribution in [3.8, 4) is 6.07 Å². The molecule has 1 N–H and O–H groups in total. The lowest BCUT2D eigenvalue weighted by Crippen LogP contribution is -2.62. The second kappa shape index (κ2) is 8.71. The van der Waals surface area contributed by atoms with Crippen molar-refractivity contribution in [1.82, 2.24) is 10.2 Å². The number of nitrogens with zero attached hydrogens (tertiary/aromatic N) is 2. The van der Waals surface area contributed by atoms with Gasteiger partial charge in [-0.05, 0) is 70.7 Å². The van der Waals surface area contributed by atoms with Crippen LogP contribution < -0.4 is 5.32 Å². The number of rotatable bonds is 6. The minimum absolute atomic E-state index is 0.00199. The molecule has 0 radical (unpaired) electrons. The molecule has 0 bridgehead atoms. The highest BCUT2D eigenvalue weighted by molar-refractivity contribution is 5.92. The molecule has 146 valence electrons. The van der Waals surface area contributed by atoms with E-state index in [9.17, 15) is 4.79 Å². The average molecular weight is 368 g/mol. The van der Waals surface area contributed by atoms with Crippen molar-refractivity contribution in [3.05, 3.63) is 41.5 Å². The van der Waals surface area contributed by atoms with E-state index in [0.717, 1.165) is 37.8 Å². The van der Waals surface area contributed by atoms with Crippen LogP contribution in [0.3, 0.4) is 0 Å². The molecule has 0 spiro atoms. The summed E-state index contributed by atoms with van der Waals surface area (Å²) in [7, 11) is 0. The summed E-state index contributed by atoms with van der Waals surface area (Å²) in [6.45, 7) is 11.8. The van der Waals surface area contributed by atoms with Gasteiger partial charge >= 0.3 is 0 Å². The number of piperidine rings is 1. The van der Waals surface area contributed by atoms with Crippen LogP contribution in [-0.2, 0) is 4.79 Å². The van der Waals surface area contributed by atoms with E-state index in [4.69, 9.17) is 5.26 Å². The Morgan fingerprint density at radius 2 is 1.96 bits per heavy atom. The first-order valence-electron chi connectivity index (χ1n) is 9.94. The van der Waals surface area contributed by atoms with Crippen molar-refractivity contribution >= 4 is 12.0 Å². The fourth-order valence-corrected chi connectivity index (χ4v) is 4.27. The maximum atomic E-state index is 13.1. The zero-order valence-corrected chi connectivity index (χ0v) is 17.4. The fourth-order valence-electron chi connectivity index (χ4n) is 4.27. The van der Waals surface area contributed by atoms with Crippen LogP contribution in [0.25, 0.3) is 6.08 Å². The Balaban J connectivity index is 2.20. The summed E-state index contributed by atoms with van der Waals surface area (Å²) < 4.78 is 0. The van der Waals surface area contributed by atoms with Crippen LogP contribution in [0, 0.1) is 11.3 Å². The van der Waals surface area contributed by atoms with Crippen LogP contribution >= 0.6 is 0 Å². The molecule has 1 heterocycles. The minimum Gasteiger partial charge on any atom is -0.336 e. The number of nitriles is 1. The molecule has 1 aliphatic heterocycles. The molecule has 27 heavy (non-hydrogen) atoms. The number of hydrogen-bond donors (Lipinski definition) is 1. The molecular formula is C23H33N3O. The maximum absolute atomic E-state index is 13.1. The van der Waals surface area contributed by atoms with Crippen LogP contribution in [0.1, 0.15) is 71.4 Å². The van der Waals surface area contributed by atoms with Gasteiger partial charge in [0, 0.05) is 29.7 Å². The normalized spacial score (nSPS) is 19.0. The van der Waals surface area contributed by atoms with E-state index in [1.54, 1.807) is 18.2 Å². The van der Waals surface area contributed by atoms with E-state index in [2.05, 4.69) is 50.9 Å². The quantitative estimate of drug-likeness (QED) is 0.753. The van der Waals surface area contributed by atoms with E-state index in [1.165, 1.54) is 0 Å². The summed E-state index contributed by atoms with van der Waals surface area (Å²) >= 11 is 0. The van der Waals surface area contributed by atoms with Gasteiger partial charge in [0.15, 0.2) is 0 Å². The number of carbonyl (C=O) groups excluding carboxylic acids is 1. The summed E-state index contributed by atoms with van der Waals surface area (Å²) in [5.74, 6) is 0.0595. The van der Waals surface area contributed by atoms with Gasteiger partial charge in [0.25, 0.3) is 0 Å². The number of unbranched alkanes of at least 4 members (excludes halogenated alkanes) is 1. The zero-order valence-electron chi connectivity index (χ0n) is 17.4. The third kappa shape index (κ3) is 6.22. The van der Waals surface area contributed by atoms with Crippen molar-refractivity contribution < 1.29 is 4.79 Å². The van der Waals surface area contributed by atoms with Crippen molar-refractivity contribution in [2.45, 2.75) is 77.4 Å². The van der Waals surface area contributed by atoms with Crippen LogP contribution in [0.5, 0.6) is 0 Å². The molecule has 1 saturated heterocycles. The smallest absolute Gasteiger partial charge is 0.246 e. The SMILES string of the molecule is CCCCN(C(=O)/C=C/c1cccc(C#N)c1)C1CC(C)(C)NC(C)(C)C1. The summed E-state index contributed by atoms with van der Waals surface area (Å²) in [5.41, 5.74) is 1.49. The van der Waals surface area contributed by atoms with Gasteiger partial charge in [-0.1, -0.05) is 25.5 Å². The summed E-state index contributed by atoms with van der Waals surface area (Å²) in [6.07, 6.45) is 7.45. The van der Waals surface area contributed by atoms with E-state index in [1.807, 2.05) is 18.2 Å². The second-order valence-corrected chi connectivity index (χ2v) is 8.91. The largest absolute Gasteiger partial charge is 0.336 e. The molecule has 0 aliphatic carbocycles. The van der Waals surface area contributed by atoms with Gasteiger partial charge in [-0.3, -0.25) is 4.79 Å². The van der Waals surface area contributed by atoms with E-state index in [0.29, 0.717) is 5.56 Å². The molecule has 4 nitrogen and oxygen atoms in total. The number of amides is 1. The molecule has 1 aromatic carbocycles. The Bertz CT molecular complexity index is 711. The monoisotopic (exact) mass is 367 g/mol. The lowest BCUT2D eigenvalue weighted by atomic mass is 9.79. The van der Waals surface area contributed by atoms with Crippen molar-refractivity contribution in [3.63, 3.8) is 0 Å². The minimum atomic E-state index is 0.00199.